The molecule has 24 heavy (non-hydrogen) atoms. The Morgan fingerprint density at radius 1 is 1.25 bits per heavy atom. The molecule has 0 aliphatic carbocycles. The number of thiazole rings is 1. The lowest BCUT2D eigenvalue weighted by atomic mass is 10.2. The van der Waals surface area contributed by atoms with Crippen LogP contribution in [0.15, 0.2) is 24.3 Å². The van der Waals surface area contributed by atoms with E-state index < -0.39 is 0 Å². The van der Waals surface area contributed by atoms with Crippen LogP contribution >= 0.6 is 11.3 Å². The van der Waals surface area contributed by atoms with Gasteiger partial charge in [-0.2, -0.15) is 0 Å². The molecule has 2 aromatic rings. The Morgan fingerprint density at radius 2 is 2.00 bits per heavy atom. The third kappa shape index (κ3) is 5.36. The van der Waals surface area contributed by atoms with Crippen molar-refractivity contribution in [3.8, 4) is 10.6 Å². The van der Waals surface area contributed by atoms with Crippen molar-refractivity contribution in [2.75, 3.05) is 33.5 Å². The summed E-state index contributed by atoms with van der Waals surface area (Å²) >= 11 is 1.31. The molecule has 0 atom stereocenters. The SMILES string of the molecule is COCCOCCCNC(=O)c1sc(-c2ccc(F)cc2)nc1C. The lowest BCUT2D eigenvalue weighted by Gasteiger charge is -2.05. The van der Waals surface area contributed by atoms with Crippen LogP contribution in [0, 0.1) is 12.7 Å². The van der Waals surface area contributed by atoms with Crippen molar-refractivity contribution in [1.29, 1.82) is 0 Å². The first-order valence-electron chi connectivity index (χ1n) is 7.70. The predicted octanol–water partition coefficient (Wildman–Crippen LogP) is 3.04. The van der Waals surface area contributed by atoms with Gasteiger partial charge in [0.05, 0.1) is 18.9 Å². The molecule has 0 spiro atoms. The van der Waals surface area contributed by atoms with Gasteiger partial charge in [-0.25, -0.2) is 9.37 Å². The Balaban J connectivity index is 1.85. The van der Waals surface area contributed by atoms with E-state index in [2.05, 4.69) is 10.3 Å². The average Bonchev–Trinajstić information content (AvgIpc) is 2.96. The zero-order valence-corrected chi connectivity index (χ0v) is 14.6. The van der Waals surface area contributed by atoms with E-state index in [9.17, 15) is 9.18 Å². The van der Waals surface area contributed by atoms with Crippen LogP contribution in [0.3, 0.4) is 0 Å². The number of methoxy groups -OCH3 is 1. The van der Waals surface area contributed by atoms with Gasteiger partial charge < -0.3 is 14.8 Å². The molecule has 0 aliphatic rings. The Kier molecular flexibility index (Phi) is 7.30. The molecule has 0 unspecified atom stereocenters. The third-order valence-electron chi connectivity index (χ3n) is 3.28. The van der Waals surface area contributed by atoms with E-state index in [1.807, 2.05) is 0 Å². The molecule has 130 valence electrons. The maximum absolute atomic E-state index is 13.0. The van der Waals surface area contributed by atoms with Crippen molar-refractivity contribution in [2.45, 2.75) is 13.3 Å². The summed E-state index contributed by atoms with van der Waals surface area (Å²) < 4.78 is 23.2. The van der Waals surface area contributed by atoms with Crippen molar-refractivity contribution in [3.63, 3.8) is 0 Å². The number of nitrogens with zero attached hydrogens (tertiary/aromatic N) is 1. The van der Waals surface area contributed by atoms with Crippen molar-refractivity contribution in [2.24, 2.45) is 0 Å². The van der Waals surface area contributed by atoms with Gasteiger partial charge in [-0.05, 0) is 37.6 Å². The van der Waals surface area contributed by atoms with Crippen LogP contribution in [0.25, 0.3) is 10.6 Å². The van der Waals surface area contributed by atoms with Gasteiger partial charge in [0.15, 0.2) is 0 Å². The maximum atomic E-state index is 13.0. The van der Waals surface area contributed by atoms with Gasteiger partial charge >= 0.3 is 0 Å². The molecule has 1 aromatic heterocycles. The molecule has 0 radical (unpaired) electrons. The number of hydrogen-bond donors (Lipinski definition) is 1. The Bertz CT molecular complexity index is 658. The fourth-order valence-corrected chi connectivity index (χ4v) is 3.01. The molecule has 1 amide bonds. The summed E-state index contributed by atoms with van der Waals surface area (Å²) in [6.07, 6.45) is 0.734. The minimum absolute atomic E-state index is 0.143. The van der Waals surface area contributed by atoms with Crippen LogP contribution in [0.2, 0.25) is 0 Å². The number of nitrogens with one attached hydrogen (secondary N) is 1. The van der Waals surface area contributed by atoms with Gasteiger partial charge in [-0.1, -0.05) is 0 Å². The van der Waals surface area contributed by atoms with E-state index in [4.69, 9.17) is 9.47 Å². The van der Waals surface area contributed by atoms with E-state index in [1.54, 1.807) is 26.2 Å². The number of benzene rings is 1. The number of rotatable bonds is 9. The molecule has 0 saturated heterocycles. The van der Waals surface area contributed by atoms with E-state index in [0.29, 0.717) is 41.9 Å². The van der Waals surface area contributed by atoms with Crippen LogP contribution in [0.5, 0.6) is 0 Å². The van der Waals surface area contributed by atoms with E-state index >= 15 is 0 Å². The van der Waals surface area contributed by atoms with Crippen molar-refractivity contribution in [3.05, 3.63) is 40.7 Å². The molecule has 1 N–H and O–H groups in total. The van der Waals surface area contributed by atoms with Gasteiger partial charge in [0, 0.05) is 25.8 Å². The van der Waals surface area contributed by atoms with Crippen molar-refractivity contribution >= 4 is 17.2 Å². The number of hydrogen-bond acceptors (Lipinski definition) is 5. The molecular weight excluding hydrogens is 331 g/mol. The molecule has 1 aromatic carbocycles. The largest absolute Gasteiger partial charge is 0.382 e. The van der Waals surface area contributed by atoms with E-state index in [-0.39, 0.29) is 11.7 Å². The highest BCUT2D eigenvalue weighted by atomic mass is 32.1. The minimum atomic E-state index is -0.294. The monoisotopic (exact) mass is 352 g/mol. The summed E-state index contributed by atoms with van der Waals surface area (Å²) in [4.78, 5) is 17.2. The maximum Gasteiger partial charge on any atom is 0.263 e. The van der Waals surface area contributed by atoms with Gasteiger partial charge in [0.1, 0.15) is 15.7 Å². The lowest BCUT2D eigenvalue weighted by Crippen LogP contribution is -2.25. The summed E-state index contributed by atoms with van der Waals surface area (Å²) in [5.74, 6) is -0.437. The molecule has 0 saturated carbocycles. The van der Waals surface area contributed by atoms with Crippen LogP contribution in [0.4, 0.5) is 4.39 Å². The molecule has 2 rings (SSSR count). The molecular formula is C17H21FN2O3S. The fourth-order valence-electron chi connectivity index (χ4n) is 2.02. The van der Waals surface area contributed by atoms with Gasteiger partial charge in [0.2, 0.25) is 0 Å². The second kappa shape index (κ2) is 9.46. The molecule has 0 bridgehead atoms. The van der Waals surface area contributed by atoms with Gasteiger partial charge in [-0.15, -0.1) is 11.3 Å². The first-order valence-corrected chi connectivity index (χ1v) is 8.51. The number of amides is 1. The Morgan fingerprint density at radius 3 is 2.71 bits per heavy atom. The Labute approximate surface area is 144 Å². The highest BCUT2D eigenvalue weighted by Gasteiger charge is 2.15. The van der Waals surface area contributed by atoms with Gasteiger partial charge in [-0.3, -0.25) is 4.79 Å². The lowest BCUT2D eigenvalue weighted by molar-refractivity contribution is 0.0688. The normalized spacial score (nSPS) is 10.8. The first-order chi connectivity index (χ1) is 11.6. The summed E-state index contributed by atoms with van der Waals surface area (Å²) in [7, 11) is 1.63. The number of aryl methyl sites for hydroxylation is 1. The molecule has 0 aliphatic heterocycles. The van der Waals surface area contributed by atoms with Crippen LogP contribution in [-0.2, 0) is 9.47 Å². The number of ether oxygens (including phenoxy) is 2. The number of carbonyl (C=O) groups is 1. The second-order valence-corrected chi connectivity index (χ2v) is 6.15. The zero-order chi connectivity index (χ0) is 17.4. The molecule has 5 nitrogen and oxygen atoms in total. The van der Waals surface area contributed by atoms with Gasteiger partial charge in [0.25, 0.3) is 5.91 Å². The number of aromatic nitrogens is 1. The quantitative estimate of drug-likeness (QED) is 0.705. The highest BCUT2D eigenvalue weighted by molar-refractivity contribution is 7.17. The summed E-state index contributed by atoms with van der Waals surface area (Å²) in [5.41, 5.74) is 1.48. The Hall–Kier alpha value is -1.83. The van der Waals surface area contributed by atoms with Crippen LogP contribution in [-0.4, -0.2) is 44.4 Å². The third-order valence-corrected chi connectivity index (χ3v) is 4.48. The topological polar surface area (TPSA) is 60.5 Å². The summed E-state index contributed by atoms with van der Waals surface area (Å²) in [5, 5.41) is 3.57. The first kappa shape index (κ1) is 18.5. The smallest absolute Gasteiger partial charge is 0.263 e. The van der Waals surface area contributed by atoms with Crippen molar-refractivity contribution in [1.82, 2.24) is 10.3 Å². The molecule has 1 heterocycles. The van der Waals surface area contributed by atoms with Crippen LogP contribution < -0.4 is 5.32 Å². The summed E-state index contributed by atoms with van der Waals surface area (Å²) in [6, 6.07) is 6.09. The predicted molar refractivity (Wildman–Crippen MR) is 91.9 cm³/mol. The standard InChI is InChI=1S/C17H21FN2O3S/c1-12-15(16(21)19-8-3-9-23-11-10-22-2)24-17(20-12)13-4-6-14(18)7-5-13/h4-7H,3,8-11H2,1-2H3,(H,19,21). The number of carbonyl (C=O) groups excluding carboxylic acids is 1. The molecule has 7 heteroatoms. The number of halogens is 1. The minimum Gasteiger partial charge on any atom is -0.382 e. The van der Waals surface area contributed by atoms with E-state index in [1.165, 1.54) is 23.5 Å². The molecule has 0 fully saturated rings. The average molecular weight is 352 g/mol. The fraction of sp³-hybridized carbons (Fsp3) is 0.412. The highest BCUT2D eigenvalue weighted by Crippen LogP contribution is 2.27. The second-order valence-electron chi connectivity index (χ2n) is 5.16. The van der Waals surface area contributed by atoms with Crippen molar-refractivity contribution < 1.29 is 18.7 Å². The summed E-state index contributed by atoms with van der Waals surface area (Å²) in [6.45, 7) is 4.03. The van der Waals surface area contributed by atoms with Crippen LogP contribution in [0.1, 0.15) is 21.8 Å². The zero-order valence-electron chi connectivity index (χ0n) is 13.8. The van der Waals surface area contributed by atoms with E-state index in [0.717, 1.165) is 12.0 Å².